The summed E-state index contributed by atoms with van der Waals surface area (Å²) in [4.78, 5) is 12.4. The highest BCUT2D eigenvalue weighted by atomic mass is 19.4. The van der Waals surface area contributed by atoms with Crippen LogP contribution >= 0.6 is 0 Å². The Kier molecular flexibility index (Phi) is 5.04. The Hall–Kier alpha value is -3.08. The number of amides is 1. The Bertz CT molecular complexity index is 979. The number of hydrogen-bond donors (Lipinski definition) is 1. The van der Waals surface area contributed by atoms with Crippen molar-refractivity contribution in [2.45, 2.75) is 20.0 Å². The molecule has 2 nitrogen and oxygen atoms in total. The molecule has 0 bridgehead atoms. The van der Waals surface area contributed by atoms with Crippen molar-refractivity contribution in [1.29, 1.82) is 0 Å². The largest absolute Gasteiger partial charge is 0.417 e. The fraction of sp³-hybridized carbons (Fsp3) is 0.136. The van der Waals surface area contributed by atoms with Crippen LogP contribution in [0, 0.1) is 13.8 Å². The molecule has 0 unspecified atom stereocenters. The van der Waals surface area contributed by atoms with E-state index in [1.54, 1.807) is 49.4 Å². The minimum Gasteiger partial charge on any atom is -0.322 e. The molecule has 1 N–H and O–H groups in total. The lowest BCUT2D eigenvalue weighted by Gasteiger charge is -2.16. The number of anilines is 1. The molecule has 0 aromatic heterocycles. The Labute approximate surface area is 155 Å². The van der Waals surface area contributed by atoms with E-state index in [9.17, 15) is 18.0 Å². The van der Waals surface area contributed by atoms with Crippen LogP contribution in [0.25, 0.3) is 11.1 Å². The second kappa shape index (κ2) is 7.27. The first-order chi connectivity index (χ1) is 12.8. The van der Waals surface area contributed by atoms with Crippen molar-refractivity contribution in [3.05, 3.63) is 89.0 Å². The van der Waals surface area contributed by atoms with Crippen LogP contribution in [-0.4, -0.2) is 5.91 Å². The minimum absolute atomic E-state index is 0.0420. The van der Waals surface area contributed by atoms with E-state index < -0.39 is 17.6 Å². The quantitative estimate of drug-likeness (QED) is 0.582. The van der Waals surface area contributed by atoms with Gasteiger partial charge in [0.2, 0.25) is 0 Å². The van der Waals surface area contributed by atoms with E-state index in [1.165, 1.54) is 12.1 Å². The normalized spacial score (nSPS) is 11.3. The fourth-order valence-electron chi connectivity index (χ4n) is 3.00. The Morgan fingerprint density at radius 2 is 1.52 bits per heavy atom. The maximum absolute atomic E-state index is 13.7. The van der Waals surface area contributed by atoms with Crippen molar-refractivity contribution in [3.63, 3.8) is 0 Å². The van der Waals surface area contributed by atoms with Gasteiger partial charge in [0.15, 0.2) is 0 Å². The highest BCUT2D eigenvalue weighted by Gasteiger charge is 2.34. The van der Waals surface area contributed by atoms with Crippen LogP contribution in [-0.2, 0) is 6.18 Å². The number of carbonyl (C=O) groups is 1. The summed E-state index contributed by atoms with van der Waals surface area (Å²) >= 11 is 0. The van der Waals surface area contributed by atoms with Gasteiger partial charge >= 0.3 is 6.18 Å². The lowest BCUT2D eigenvalue weighted by atomic mass is 9.93. The summed E-state index contributed by atoms with van der Waals surface area (Å²) < 4.78 is 41.1. The van der Waals surface area contributed by atoms with Crippen LogP contribution in [0.5, 0.6) is 0 Å². The molecule has 0 radical (unpaired) electrons. The highest BCUT2D eigenvalue weighted by molar-refractivity contribution is 6.04. The zero-order valence-electron chi connectivity index (χ0n) is 14.9. The van der Waals surface area contributed by atoms with Crippen LogP contribution in [0.4, 0.5) is 18.9 Å². The van der Waals surface area contributed by atoms with E-state index in [4.69, 9.17) is 0 Å². The first-order valence-corrected chi connectivity index (χ1v) is 8.41. The van der Waals surface area contributed by atoms with E-state index >= 15 is 0 Å². The summed E-state index contributed by atoms with van der Waals surface area (Å²) in [5, 5.41) is 2.61. The summed E-state index contributed by atoms with van der Waals surface area (Å²) in [6.45, 7) is 3.66. The van der Waals surface area contributed by atoms with Gasteiger partial charge in [-0.2, -0.15) is 13.2 Å². The number of carbonyl (C=O) groups excluding carboxylic acids is 1. The third kappa shape index (κ3) is 4.19. The number of hydrogen-bond acceptors (Lipinski definition) is 1. The average molecular weight is 369 g/mol. The van der Waals surface area contributed by atoms with Gasteiger partial charge in [-0.15, -0.1) is 0 Å². The smallest absolute Gasteiger partial charge is 0.322 e. The first-order valence-electron chi connectivity index (χ1n) is 8.41. The van der Waals surface area contributed by atoms with E-state index in [-0.39, 0.29) is 11.1 Å². The van der Waals surface area contributed by atoms with Crippen molar-refractivity contribution in [1.82, 2.24) is 0 Å². The lowest BCUT2D eigenvalue weighted by Crippen LogP contribution is -2.15. The third-order valence-electron chi connectivity index (χ3n) is 4.29. The van der Waals surface area contributed by atoms with Crippen molar-refractivity contribution >= 4 is 11.6 Å². The van der Waals surface area contributed by atoms with Crippen molar-refractivity contribution in [2.24, 2.45) is 0 Å². The topological polar surface area (TPSA) is 29.1 Å². The molecule has 3 aromatic carbocycles. The van der Waals surface area contributed by atoms with E-state index in [2.05, 4.69) is 5.32 Å². The van der Waals surface area contributed by atoms with Gasteiger partial charge in [0.1, 0.15) is 0 Å². The lowest BCUT2D eigenvalue weighted by molar-refractivity contribution is -0.137. The molecule has 0 aliphatic carbocycles. The molecule has 5 heteroatoms. The molecular formula is C22H18F3NO. The van der Waals surface area contributed by atoms with Crippen LogP contribution in [0.3, 0.4) is 0 Å². The Morgan fingerprint density at radius 3 is 2.15 bits per heavy atom. The number of halogens is 3. The molecule has 0 saturated heterocycles. The molecule has 3 rings (SSSR count). The van der Waals surface area contributed by atoms with E-state index in [0.29, 0.717) is 11.3 Å². The second-order valence-corrected chi connectivity index (χ2v) is 6.40. The summed E-state index contributed by atoms with van der Waals surface area (Å²) in [6, 6.07) is 17.6. The molecule has 0 aliphatic heterocycles. The van der Waals surface area contributed by atoms with Crippen molar-refractivity contribution in [3.8, 4) is 11.1 Å². The fourth-order valence-corrected chi connectivity index (χ4v) is 3.00. The van der Waals surface area contributed by atoms with Crippen molar-refractivity contribution in [2.75, 3.05) is 5.32 Å². The molecule has 0 saturated carbocycles. The molecule has 0 spiro atoms. The molecule has 27 heavy (non-hydrogen) atoms. The number of nitrogens with one attached hydrogen (secondary N) is 1. The van der Waals surface area contributed by atoms with Gasteiger partial charge in [0.05, 0.1) is 5.56 Å². The summed E-state index contributed by atoms with van der Waals surface area (Å²) in [6.07, 6.45) is -4.57. The van der Waals surface area contributed by atoms with Gasteiger partial charge in [-0.1, -0.05) is 48.0 Å². The zero-order valence-corrected chi connectivity index (χ0v) is 14.9. The summed E-state index contributed by atoms with van der Waals surface area (Å²) in [7, 11) is 0. The Balaban J connectivity index is 2.03. The number of benzene rings is 3. The summed E-state index contributed by atoms with van der Waals surface area (Å²) in [5.74, 6) is -0.584. The zero-order chi connectivity index (χ0) is 19.6. The predicted octanol–water partition coefficient (Wildman–Crippen LogP) is 6.24. The number of para-hydroxylation sites is 1. The molecule has 0 aliphatic rings. The maximum atomic E-state index is 13.7. The number of rotatable bonds is 3. The number of aryl methyl sites for hydroxylation is 2. The molecule has 3 aromatic rings. The molecule has 0 atom stereocenters. The number of alkyl halides is 3. The molecule has 138 valence electrons. The standard InChI is InChI=1S/C22H18F3NO/c1-14-8-10-18(15(2)12-14)19-11-9-16(13-20(19)22(23,24)25)21(27)26-17-6-4-3-5-7-17/h3-13H,1-2H3,(H,26,27). The molecule has 0 heterocycles. The molecule has 0 fully saturated rings. The third-order valence-corrected chi connectivity index (χ3v) is 4.29. The van der Waals surface area contributed by atoms with Gasteiger partial charge in [-0.05, 0) is 54.8 Å². The van der Waals surface area contributed by atoms with Gasteiger partial charge in [0.25, 0.3) is 5.91 Å². The van der Waals surface area contributed by atoms with E-state index in [1.807, 2.05) is 13.0 Å². The predicted molar refractivity (Wildman–Crippen MR) is 101 cm³/mol. The second-order valence-electron chi connectivity index (χ2n) is 6.40. The van der Waals surface area contributed by atoms with Crippen molar-refractivity contribution < 1.29 is 18.0 Å². The van der Waals surface area contributed by atoms with Gasteiger partial charge in [0, 0.05) is 11.3 Å². The Morgan fingerprint density at radius 1 is 0.852 bits per heavy atom. The van der Waals surface area contributed by atoms with Gasteiger partial charge in [-0.3, -0.25) is 4.79 Å². The highest BCUT2D eigenvalue weighted by Crippen LogP contribution is 2.39. The monoisotopic (exact) mass is 369 g/mol. The average Bonchev–Trinajstić information content (AvgIpc) is 2.61. The maximum Gasteiger partial charge on any atom is 0.417 e. The first kappa shape index (κ1) is 18.7. The molecular weight excluding hydrogens is 351 g/mol. The van der Waals surface area contributed by atoms with Gasteiger partial charge < -0.3 is 5.32 Å². The SMILES string of the molecule is Cc1ccc(-c2ccc(C(=O)Nc3ccccc3)cc2C(F)(F)F)c(C)c1. The summed E-state index contributed by atoms with van der Waals surface area (Å²) in [5.41, 5.74) is 1.95. The van der Waals surface area contributed by atoms with Crippen LogP contribution < -0.4 is 5.32 Å². The van der Waals surface area contributed by atoms with Gasteiger partial charge in [-0.25, -0.2) is 0 Å². The minimum atomic E-state index is -4.57. The molecule has 1 amide bonds. The van der Waals surface area contributed by atoms with E-state index in [0.717, 1.165) is 17.2 Å². The van der Waals surface area contributed by atoms with Crippen LogP contribution in [0.15, 0.2) is 66.7 Å². The van der Waals surface area contributed by atoms with Crippen LogP contribution in [0.1, 0.15) is 27.0 Å². The van der Waals surface area contributed by atoms with Crippen LogP contribution in [0.2, 0.25) is 0 Å².